The number of carbonyl (C=O) groups is 1. The van der Waals surface area contributed by atoms with Gasteiger partial charge in [-0.15, -0.1) is 0 Å². The zero-order valence-corrected chi connectivity index (χ0v) is 12.4. The molecule has 1 aromatic rings. The zero-order chi connectivity index (χ0) is 17.1. The predicted octanol–water partition coefficient (Wildman–Crippen LogP) is 2.15. The van der Waals surface area contributed by atoms with E-state index in [9.17, 15) is 36.5 Å². The highest BCUT2D eigenvalue weighted by atomic mass is 32.2. The molecule has 22 heavy (non-hydrogen) atoms. The van der Waals surface area contributed by atoms with Crippen molar-refractivity contribution in [3.63, 3.8) is 0 Å². The minimum absolute atomic E-state index is 0.488. The average Bonchev–Trinajstić information content (AvgIpc) is 2.35. The first kappa shape index (κ1) is 18.2. The van der Waals surface area contributed by atoms with E-state index in [-0.39, 0.29) is 0 Å². The normalized spacial score (nSPS) is 12.0. The van der Waals surface area contributed by atoms with Gasteiger partial charge >= 0.3 is 11.5 Å². The molecule has 0 aliphatic carbocycles. The molecule has 0 atom stereocenters. The third-order valence-corrected chi connectivity index (χ3v) is 4.58. The van der Waals surface area contributed by atoms with Gasteiger partial charge < -0.3 is 4.74 Å². The summed E-state index contributed by atoms with van der Waals surface area (Å²) in [6.07, 6.45) is 0. The van der Waals surface area contributed by atoms with E-state index >= 15 is 0 Å². The molecule has 7 nitrogen and oxygen atoms in total. The maximum absolute atomic E-state index is 12.2. The van der Waals surface area contributed by atoms with Crippen LogP contribution in [-0.4, -0.2) is 37.7 Å². The molecular formula is C10H8F3NO6S2. The van der Waals surface area contributed by atoms with E-state index in [1.54, 1.807) is 0 Å². The van der Waals surface area contributed by atoms with E-state index in [0.29, 0.717) is 12.1 Å². The Hall–Kier alpha value is -1.82. The van der Waals surface area contributed by atoms with E-state index in [0.717, 1.165) is 13.2 Å². The first-order valence-corrected chi connectivity index (χ1v) is 7.77. The van der Waals surface area contributed by atoms with Crippen molar-refractivity contribution in [2.45, 2.75) is 15.3 Å². The summed E-state index contributed by atoms with van der Waals surface area (Å²) in [6, 6.07) is 1.92. The highest BCUT2D eigenvalue weighted by Crippen LogP contribution is 2.39. The highest BCUT2D eigenvalue weighted by Gasteiger charge is 2.33. The van der Waals surface area contributed by atoms with Crippen LogP contribution in [-0.2, 0) is 19.4 Å². The summed E-state index contributed by atoms with van der Waals surface area (Å²) in [5.41, 5.74) is -5.72. The molecule has 0 spiro atoms. The molecule has 0 heterocycles. The van der Waals surface area contributed by atoms with Gasteiger partial charge in [0.1, 0.15) is 4.90 Å². The van der Waals surface area contributed by atoms with Crippen molar-refractivity contribution in [3.8, 4) is 0 Å². The standard InChI is InChI=1S/C10H8F3NO6S2/c1-20-9(15)5-22(18,19)8-3-2-6(21-10(11,12)13)4-7(8)14(16)17/h2-4H,5H2,1H3. The molecule has 0 aliphatic rings. The Morgan fingerprint density at radius 3 is 2.45 bits per heavy atom. The zero-order valence-electron chi connectivity index (χ0n) is 10.8. The first-order chi connectivity index (χ1) is 9.96. The van der Waals surface area contributed by atoms with Gasteiger partial charge in [0.25, 0.3) is 5.69 Å². The number of sulfone groups is 1. The lowest BCUT2D eigenvalue weighted by molar-refractivity contribution is -0.388. The van der Waals surface area contributed by atoms with Gasteiger partial charge in [0, 0.05) is 11.0 Å². The third-order valence-electron chi connectivity index (χ3n) is 2.23. The summed E-state index contributed by atoms with van der Waals surface area (Å²) >= 11 is -0.621. The topological polar surface area (TPSA) is 104 Å². The molecule has 0 bridgehead atoms. The van der Waals surface area contributed by atoms with Gasteiger partial charge in [-0.3, -0.25) is 14.9 Å². The minimum atomic E-state index is -4.68. The van der Waals surface area contributed by atoms with Crippen molar-refractivity contribution in [2.24, 2.45) is 0 Å². The minimum Gasteiger partial charge on any atom is -0.468 e. The van der Waals surface area contributed by atoms with Gasteiger partial charge in [-0.05, 0) is 23.9 Å². The largest absolute Gasteiger partial charge is 0.468 e. The van der Waals surface area contributed by atoms with Crippen LogP contribution in [0.25, 0.3) is 0 Å². The molecule has 0 radical (unpaired) electrons. The number of methoxy groups -OCH3 is 1. The number of thioether (sulfide) groups is 1. The summed E-state index contributed by atoms with van der Waals surface area (Å²) in [4.78, 5) is 19.4. The molecule has 1 aromatic carbocycles. The Morgan fingerprint density at radius 2 is 2.00 bits per heavy atom. The maximum atomic E-state index is 12.2. The fourth-order valence-corrected chi connectivity index (χ4v) is 3.28. The van der Waals surface area contributed by atoms with Crippen LogP contribution in [0.3, 0.4) is 0 Å². The number of halogens is 3. The molecule has 0 saturated heterocycles. The SMILES string of the molecule is COC(=O)CS(=O)(=O)c1ccc(SC(F)(F)F)cc1[N+](=O)[O-]. The second-order valence-corrected chi connectivity index (χ2v) is 6.87. The smallest absolute Gasteiger partial charge is 0.446 e. The van der Waals surface area contributed by atoms with Gasteiger partial charge in [-0.1, -0.05) is 0 Å². The lowest BCUT2D eigenvalue weighted by Crippen LogP contribution is -2.18. The maximum Gasteiger partial charge on any atom is 0.446 e. The number of benzene rings is 1. The Balaban J connectivity index is 3.32. The number of hydrogen-bond acceptors (Lipinski definition) is 7. The summed E-state index contributed by atoms with van der Waals surface area (Å²) in [6.45, 7) is 0. The van der Waals surface area contributed by atoms with Crippen molar-refractivity contribution in [1.82, 2.24) is 0 Å². The van der Waals surface area contributed by atoms with Crippen molar-refractivity contribution in [1.29, 1.82) is 0 Å². The lowest BCUT2D eigenvalue weighted by Gasteiger charge is -2.08. The van der Waals surface area contributed by atoms with Crippen molar-refractivity contribution in [3.05, 3.63) is 28.3 Å². The molecule has 0 amide bonds. The Kier molecular flexibility index (Phi) is 5.40. The molecule has 122 valence electrons. The van der Waals surface area contributed by atoms with Crippen LogP contribution in [0.5, 0.6) is 0 Å². The number of alkyl halides is 3. The number of rotatable bonds is 5. The van der Waals surface area contributed by atoms with Crippen LogP contribution in [0, 0.1) is 10.1 Å². The van der Waals surface area contributed by atoms with Gasteiger partial charge in [0.15, 0.2) is 15.6 Å². The number of hydrogen-bond donors (Lipinski definition) is 0. The summed E-state index contributed by atoms with van der Waals surface area (Å²) in [5.74, 6) is -2.31. The lowest BCUT2D eigenvalue weighted by atomic mass is 10.3. The van der Waals surface area contributed by atoms with E-state index < -0.39 is 59.2 Å². The Morgan fingerprint density at radius 1 is 1.41 bits per heavy atom. The van der Waals surface area contributed by atoms with E-state index in [2.05, 4.69) is 4.74 Å². The van der Waals surface area contributed by atoms with Crippen molar-refractivity contribution in [2.75, 3.05) is 12.9 Å². The molecule has 12 heteroatoms. The van der Waals surface area contributed by atoms with Crippen LogP contribution in [0.4, 0.5) is 18.9 Å². The van der Waals surface area contributed by atoms with Gasteiger partial charge in [0.05, 0.1) is 12.0 Å². The Labute approximate surface area is 126 Å². The fourth-order valence-electron chi connectivity index (χ4n) is 1.39. The summed E-state index contributed by atoms with van der Waals surface area (Å²) in [5, 5.41) is 10.9. The summed E-state index contributed by atoms with van der Waals surface area (Å²) < 4.78 is 64.7. The van der Waals surface area contributed by atoms with Gasteiger partial charge in [-0.25, -0.2) is 8.42 Å². The highest BCUT2D eigenvalue weighted by molar-refractivity contribution is 8.00. The number of nitro groups is 1. The second-order valence-electron chi connectivity index (χ2n) is 3.77. The van der Waals surface area contributed by atoms with Crippen LogP contribution < -0.4 is 0 Å². The number of carbonyl (C=O) groups excluding carboxylic acids is 1. The van der Waals surface area contributed by atoms with Crippen LogP contribution in [0.1, 0.15) is 0 Å². The fraction of sp³-hybridized carbons (Fsp3) is 0.300. The first-order valence-electron chi connectivity index (χ1n) is 5.30. The van der Waals surface area contributed by atoms with Crippen LogP contribution in [0.2, 0.25) is 0 Å². The van der Waals surface area contributed by atoms with Gasteiger partial charge in [0.2, 0.25) is 0 Å². The van der Waals surface area contributed by atoms with E-state index in [1.807, 2.05) is 0 Å². The number of nitro benzene ring substituents is 1. The number of ether oxygens (including phenoxy) is 1. The molecule has 0 N–H and O–H groups in total. The molecule has 0 aromatic heterocycles. The average molecular weight is 359 g/mol. The monoisotopic (exact) mass is 359 g/mol. The predicted molar refractivity (Wildman–Crippen MR) is 69.1 cm³/mol. The third kappa shape index (κ3) is 4.87. The van der Waals surface area contributed by atoms with Crippen molar-refractivity contribution < 1.29 is 36.0 Å². The number of esters is 1. The number of nitrogens with zero attached hydrogens (tertiary/aromatic N) is 1. The molecule has 0 fully saturated rings. The quantitative estimate of drug-likeness (QED) is 0.343. The van der Waals surface area contributed by atoms with E-state index in [1.165, 1.54) is 0 Å². The molecule has 1 rings (SSSR count). The van der Waals surface area contributed by atoms with Crippen molar-refractivity contribution >= 4 is 33.3 Å². The molecular weight excluding hydrogens is 351 g/mol. The second kappa shape index (κ2) is 6.52. The summed E-state index contributed by atoms with van der Waals surface area (Å²) in [7, 11) is -3.49. The Bertz CT molecular complexity index is 701. The molecule has 0 aliphatic heterocycles. The van der Waals surface area contributed by atoms with Gasteiger partial charge in [-0.2, -0.15) is 13.2 Å². The molecule has 0 saturated carbocycles. The molecule has 0 unspecified atom stereocenters. The van der Waals surface area contributed by atoms with Crippen LogP contribution in [0.15, 0.2) is 28.0 Å². The van der Waals surface area contributed by atoms with E-state index in [4.69, 9.17) is 0 Å². The van der Waals surface area contributed by atoms with Crippen LogP contribution >= 0.6 is 11.8 Å².